The molecule has 9 atom stereocenters. The number of hydrogen-bond donors (Lipinski definition) is 0. The largest absolute Gasteiger partial charge is 0.270 e. The average molecular weight is 459 g/mol. The molecule has 1 aromatic heterocycles. The van der Waals surface area contributed by atoms with Crippen LogP contribution in [0, 0.1) is 46.3 Å². The van der Waals surface area contributed by atoms with Crippen LogP contribution >= 0.6 is 0 Å². The number of fused-ring (bicyclic) bond motifs is 5. The molecule has 0 amide bonds. The summed E-state index contributed by atoms with van der Waals surface area (Å²) in [5, 5.41) is 4.28. The molecular weight excluding hydrogens is 414 g/mol. The van der Waals surface area contributed by atoms with Crippen molar-refractivity contribution in [2.45, 2.75) is 104 Å². The highest BCUT2D eigenvalue weighted by atomic mass is 19.3. The lowest BCUT2D eigenvalue weighted by Crippen LogP contribution is -2.53. The third-order valence-corrected chi connectivity index (χ3v) is 11.2. The summed E-state index contributed by atoms with van der Waals surface area (Å²) in [6, 6.07) is 0. The fraction of sp³-hybridized carbons (Fsp3) is 0.828. The highest BCUT2D eigenvalue weighted by Crippen LogP contribution is 2.68. The van der Waals surface area contributed by atoms with Gasteiger partial charge in [0.1, 0.15) is 6.54 Å². The highest BCUT2D eigenvalue weighted by Gasteiger charge is 2.63. The molecule has 3 unspecified atom stereocenters. The predicted octanol–water partition coefficient (Wildman–Crippen LogP) is 8.10. The lowest BCUT2D eigenvalue weighted by molar-refractivity contribution is -0.152. The molecule has 0 radical (unpaired) electrons. The fourth-order valence-electron chi connectivity index (χ4n) is 9.47. The van der Waals surface area contributed by atoms with Crippen LogP contribution in [0.3, 0.4) is 0 Å². The van der Waals surface area contributed by atoms with Gasteiger partial charge in [-0.2, -0.15) is 5.10 Å². The van der Waals surface area contributed by atoms with Gasteiger partial charge in [0, 0.05) is 18.0 Å². The van der Waals surface area contributed by atoms with E-state index in [-0.39, 0.29) is 17.9 Å². The molecular formula is C29H44F2N2. The Morgan fingerprint density at radius 1 is 1.12 bits per heavy atom. The Bertz CT molecular complexity index is 877. The van der Waals surface area contributed by atoms with Crippen molar-refractivity contribution in [3.63, 3.8) is 0 Å². The van der Waals surface area contributed by atoms with Crippen LogP contribution in [0.2, 0.25) is 0 Å². The quantitative estimate of drug-likeness (QED) is 0.408. The van der Waals surface area contributed by atoms with E-state index < -0.39 is 11.8 Å². The van der Waals surface area contributed by atoms with Gasteiger partial charge in [0.2, 0.25) is 0 Å². The van der Waals surface area contributed by atoms with Gasteiger partial charge in [-0.25, -0.2) is 8.78 Å². The lowest BCUT2D eigenvalue weighted by atomic mass is 9.45. The summed E-state index contributed by atoms with van der Waals surface area (Å²) in [7, 11) is 0. The van der Waals surface area contributed by atoms with Crippen LogP contribution in [0.15, 0.2) is 25.0 Å². The molecule has 4 heteroatoms. The van der Waals surface area contributed by atoms with E-state index in [4.69, 9.17) is 0 Å². The first-order chi connectivity index (χ1) is 15.6. The van der Waals surface area contributed by atoms with Gasteiger partial charge >= 0.3 is 0 Å². The number of allylic oxidation sites excluding steroid dienone is 1. The normalized spacial score (nSPS) is 43.9. The van der Waals surface area contributed by atoms with Gasteiger partial charge < -0.3 is 0 Å². The Kier molecular flexibility index (Phi) is 5.85. The molecule has 184 valence electrons. The van der Waals surface area contributed by atoms with Gasteiger partial charge in [-0.1, -0.05) is 40.2 Å². The summed E-state index contributed by atoms with van der Waals surface area (Å²) in [6.07, 6.45) is 15.9. The number of halogens is 2. The first-order valence-corrected chi connectivity index (χ1v) is 13.6. The number of hydrogen-bond acceptors (Lipinski definition) is 1. The first-order valence-electron chi connectivity index (χ1n) is 13.6. The Morgan fingerprint density at radius 2 is 1.82 bits per heavy atom. The maximum absolute atomic E-state index is 15.8. The van der Waals surface area contributed by atoms with Gasteiger partial charge in [-0.05, 0) is 97.3 Å². The van der Waals surface area contributed by atoms with E-state index >= 15 is 8.78 Å². The summed E-state index contributed by atoms with van der Waals surface area (Å²) in [4.78, 5) is 0. The monoisotopic (exact) mass is 458 g/mol. The van der Waals surface area contributed by atoms with Gasteiger partial charge in [-0.15, -0.1) is 6.58 Å². The van der Waals surface area contributed by atoms with Crippen LogP contribution in [-0.4, -0.2) is 15.7 Å². The second-order valence-corrected chi connectivity index (χ2v) is 13.1. The second kappa shape index (κ2) is 8.19. The van der Waals surface area contributed by atoms with E-state index in [2.05, 4.69) is 32.4 Å². The Hall–Kier alpha value is -1.19. The first kappa shape index (κ1) is 23.5. The van der Waals surface area contributed by atoms with Crippen molar-refractivity contribution in [1.29, 1.82) is 0 Å². The molecule has 4 saturated carbocycles. The smallest absolute Gasteiger partial charge is 0.266 e. The molecule has 0 N–H and O–H groups in total. The van der Waals surface area contributed by atoms with Crippen LogP contribution in [0.4, 0.5) is 8.78 Å². The molecule has 1 aromatic rings. The van der Waals surface area contributed by atoms with E-state index in [1.165, 1.54) is 43.2 Å². The summed E-state index contributed by atoms with van der Waals surface area (Å²) < 4.78 is 33.2. The third-order valence-electron chi connectivity index (χ3n) is 11.2. The standard InChI is InChI=1S/C29H44F2N2/c1-6-20(3)21-16-32-33(17-21)18-29(30,31)26-10-9-25-23-11-13-27(4)15-19(2)7-8-24(27)22(23)12-14-28(25,26)5/h6,16-17,19-20,22-26H,1,7-15,18H2,2-5H3/t19-,20?,22?,23+,24+,25?,26-,27+,28-/m0/s1. The SMILES string of the molecule is C=CC(C)c1cnn(CC(F)(F)[C@H]2CCC3[C@@H]4CC[C@]5(C)C[C@@H](C)CC[C@@H]5C4CC[C@@]32C)c1. The number of nitrogens with zero attached hydrogens (tertiary/aromatic N) is 2. The molecule has 0 saturated heterocycles. The highest BCUT2D eigenvalue weighted by molar-refractivity contribution is 5.16. The molecule has 0 aromatic carbocycles. The molecule has 1 heterocycles. The zero-order valence-corrected chi connectivity index (χ0v) is 21.2. The Morgan fingerprint density at radius 3 is 2.58 bits per heavy atom. The van der Waals surface area contributed by atoms with Gasteiger partial charge in [0.25, 0.3) is 5.92 Å². The molecule has 0 spiro atoms. The number of alkyl halides is 2. The van der Waals surface area contributed by atoms with Crippen molar-refractivity contribution in [3.8, 4) is 0 Å². The van der Waals surface area contributed by atoms with E-state index in [9.17, 15) is 0 Å². The fourth-order valence-corrected chi connectivity index (χ4v) is 9.47. The van der Waals surface area contributed by atoms with Crippen LogP contribution < -0.4 is 0 Å². The Labute approximate surface area is 199 Å². The van der Waals surface area contributed by atoms with Crippen molar-refractivity contribution in [3.05, 3.63) is 30.6 Å². The summed E-state index contributed by atoms with van der Waals surface area (Å²) in [5.41, 5.74) is 1.23. The zero-order chi connectivity index (χ0) is 23.6. The third kappa shape index (κ3) is 3.82. The van der Waals surface area contributed by atoms with Crippen LogP contribution in [0.1, 0.15) is 97.0 Å². The minimum atomic E-state index is -2.72. The van der Waals surface area contributed by atoms with E-state index in [1.807, 2.05) is 13.0 Å². The maximum Gasteiger partial charge on any atom is 0.270 e. The zero-order valence-electron chi connectivity index (χ0n) is 21.2. The molecule has 2 nitrogen and oxygen atoms in total. The molecule has 0 bridgehead atoms. The molecule has 33 heavy (non-hydrogen) atoms. The van der Waals surface area contributed by atoms with Crippen molar-refractivity contribution in [2.75, 3.05) is 0 Å². The average Bonchev–Trinajstić information content (AvgIpc) is 3.36. The van der Waals surface area contributed by atoms with Gasteiger partial charge in [0.05, 0.1) is 6.20 Å². The van der Waals surface area contributed by atoms with Crippen molar-refractivity contribution in [1.82, 2.24) is 9.78 Å². The lowest BCUT2D eigenvalue weighted by Gasteiger charge is -2.60. The number of rotatable bonds is 5. The summed E-state index contributed by atoms with van der Waals surface area (Å²) in [5.74, 6) is 0.479. The van der Waals surface area contributed by atoms with Crippen molar-refractivity contribution in [2.24, 2.45) is 46.3 Å². The van der Waals surface area contributed by atoms with Crippen LogP contribution in [0.5, 0.6) is 0 Å². The minimum Gasteiger partial charge on any atom is -0.266 e. The molecule has 4 fully saturated rings. The molecule has 0 aliphatic heterocycles. The minimum absolute atomic E-state index is 0.135. The predicted molar refractivity (Wildman–Crippen MR) is 130 cm³/mol. The molecule has 5 rings (SSSR count). The van der Waals surface area contributed by atoms with Crippen molar-refractivity contribution >= 4 is 0 Å². The maximum atomic E-state index is 15.8. The Balaban J connectivity index is 1.33. The van der Waals surface area contributed by atoms with Crippen LogP contribution in [0.25, 0.3) is 0 Å². The van der Waals surface area contributed by atoms with Crippen LogP contribution in [-0.2, 0) is 6.54 Å². The summed E-state index contributed by atoms with van der Waals surface area (Å²) in [6.45, 7) is 12.8. The van der Waals surface area contributed by atoms with E-state index in [0.29, 0.717) is 23.7 Å². The molecule has 4 aliphatic rings. The summed E-state index contributed by atoms with van der Waals surface area (Å²) >= 11 is 0. The number of aromatic nitrogens is 2. The molecule has 4 aliphatic carbocycles. The topological polar surface area (TPSA) is 17.8 Å². The van der Waals surface area contributed by atoms with Gasteiger partial charge in [-0.3, -0.25) is 4.68 Å². The second-order valence-electron chi connectivity index (χ2n) is 13.1. The van der Waals surface area contributed by atoms with E-state index in [1.54, 1.807) is 12.4 Å². The van der Waals surface area contributed by atoms with Crippen molar-refractivity contribution < 1.29 is 8.78 Å². The van der Waals surface area contributed by atoms with Gasteiger partial charge in [0.15, 0.2) is 0 Å². The van der Waals surface area contributed by atoms with E-state index in [0.717, 1.165) is 36.2 Å².